The predicted octanol–water partition coefficient (Wildman–Crippen LogP) is 3.35. The maximum atomic E-state index is 13.4. The summed E-state index contributed by atoms with van der Waals surface area (Å²) in [6, 6.07) is 3.93. The second kappa shape index (κ2) is 8.52. The smallest absolute Gasteiger partial charge is 0.319 e. The topological polar surface area (TPSA) is 78.4 Å². The van der Waals surface area contributed by atoms with E-state index in [9.17, 15) is 14.0 Å². The van der Waals surface area contributed by atoms with Crippen LogP contribution >= 0.6 is 15.9 Å². The Balaban J connectivity index is 2.25. The number of hydrogen-bond donors (Lipinski definition) is 3. The van der Waals surface area contributed by atoms with Crippen LogP contribution in [0.5, 0.6) is 0 Å². The Kier molecular flexibility index (Phi) is 7.00. The van der Waals surface area contributed by atoms with E-state index in [1.807, 2.05) is 0 Å². The molecule has 3 N–H and O–H groups in total. The highest BCUT2D eigenvalue weighted by Gasteiger charge is 2.09. The van der Waals surface area contributed by atoms with E-state index in [0.717, 1.165) is 6.42 Å². The number of para-hydroxylation sites is 1. The van der Waals surface area contributed by atoms with Crippen LogP contribution in [0.1, 0.15) is 25.7 Å². The number of carboxylic acids is 1. The summed E-state index contributed by atoms with van der Waals surface area (Å²) in [6.45, 7) is 0.414. The maximum Gasteiger partial charge on any atom is 0.319 e. The third kappa shape index (κ3) is 6.01. The first-order valence-electron chi connectivity index (χ1n) is 6.21. The molecule has 0 aliphatic heterocycles. The lowest BCUT2D eigenvalue weighted by Crippen LogP contribution is -2.30. The van der Waals surface area contributed by atoms with Gasteiger partial charge in [-0.2, -0.15) is 0 Å². The number of nitrogens with one attached hydrogen (secondary N) is 2. The fraction of sp³-hybridized carbons (Fsp3) is 0.385. The van der Waals surface area contributed by atoms with Crippen LogP contribution in [0.2, 0.25) is 0 Å². The Morgan fingerprint density at radius 2 is 2.00 bits per heavy atom. The van der Waals surface area contributed by atoms with E-state index < -0.39 is 17.8 Å². The van der Waals surface area contributed by atoms with Crippen LogP contribution in [0.25, 0.3) is 0 Å². The number of carbonyl (C=O) groups excluding carboxylic acids is 1. The van der Waals surface area contributed by atoms with Crippen LogP contribution in [0, 0.1) is 5.82 Å². The number of urea groups is 1. The summed E-state index contributed by atoms with van der Waals surface area (Å²) in [6.07, 6.45) is 2.11. The van der Waals surface area contributed by atoms with Crippen molar-refractivity contribution < 1.29 is 19.1 Å². The Labute approximate surface area is 124 Å². The van der Waals surface area contributed by atoms with Crippen LogP contribution in [-0.4, -0.2) is 23.7 Å². The number of aliphatic carboxylic acids is 1. The van der Waals surface area contributed by atoms with Crippen molar-refractivity contribution in [1.82, 2.24) is 5.32 Å². The second-order valence-corrected chi connectivity index (χ2v) is 5.04. The molecular formula is C13H16BrFN2O3. The number of halogens is 2. The van der Waals surface area contributed by atoms with Gasteiger partial charge in [-0.1, -0.05) is 12.5 Å². The zero-order valence-electron chi connectivity index (χ0n) is 10.8. The molecule has 1 aromatic rings. The Hall–Kier alpha value is -1.63. The van der Waals surface area contributed by atoms with Gasteiger partial charge in [0.2, 0.25) is 0 Å². The number of amides is 2. The average Bonchev–Trinajstić information content (AvgIpc) is 2.38. The summed E-state index contributed by atoms with van der Waals surface area (Å²) in [5.41, 5.74) is 0.0934. The fourth-order valence-corrected chi connectivity index (χ4v) is 2.00. The Bertz CT molecular complexity index is 462. The van der Waals surface area contributed by atoms with Crippen molar-refractivity contribution in [3.63, 3.8) is 0 Å². The van der Waals surface area contributed by atoms with Crippen molar-refractivity contribution in [1.29, 1.82) is 0 Å². The van der Waals surface area contributed by atoms with Gasteiger partial charge in [-0.3, -0.25) is 4.79 Å². The zero-order valence-corrected chi connectivity index (χ0v) is 12.4. The number of benzene rings is 1. The number of hydrogen-bond acceptors (Lipinski definition) is 2. The van der Waals surface area contributed by atoms with Crippen molar-refractivity contribution in [2.24, 2.45) is 0 Å². The van der Waals surface area contributed by atoms with Crippen LogP contribution in [-0.2, 0) is 4.79 Å². The molecule has 7 heteroatoms. The van der Waals surface area contributed by atoms with Crippen LogP contribution in [0.3, 0.4) is 0 Å². The second-order valence-electron chi connectivity index (χ2n) is 4.18. The first-order chi connectivity index (χ1) is 9.50. The number of anilines is 1. The van der Waals surface area contributed by atoms with Gasteiger partial charge in [0.05, 0.1) is 5.69 Å². The van der Waals surface area contributed by atoms with Gasteiger partial charge in [-0.25, -0.2) is 9.18 Å². The molecule has 0 bridgehead atoms. The molecule has 0 fully saturated rings. The van der Waals surface area contributed by atoms with E-state index in [2.05, 4.69) is 26.6 Å². The third-order valence-corrected chi connectivity index (χ3v) is 3.22. The third-order valence-electron chi connectivity index (χ3n) is 2.55. The van der Waals surface area contributed by atoms with Gasteiger partial charge in [0.25, 0.3) is 0 Å². The zero-order chi connectivity index (χ0) is 15.0. The molecule has 1 rings (SSSR count). The number of rotatable bonds is 7. The number of unbranched alkanes of at least 4 members (excludes halogenated alkanes) is 2. The molecule has 110 valence electrons. The molecule has 0 saturated carbocycles. The van der Waals surface area contributed by atoms with Crippen molar-refractivity contribution in [3.05, 3.63) is 28.5 Å². The summed E-state index contributed by atoms with van der Waals surface area (Å²) in [5.74, 6) is -1.34. The summed E-state index contributed by atoms with van der Waals surface area (Å²) in [7, 11) is 0. The molecule has 0 aliphatic rings. The summed E-state index contributed by atoms with van der Waals surface area (Å²) < 4.78 is 13.9. The lowest BCUT2D eigenvalue weighted by molar-refractivity contribution is -0.137. The van der Waals surface area contributed by atoms with E-state index in [1.165, 1.54) is 12.1 Å². The van der Waals surface area contributed by atoms with Gasteiger partial charge >= 0.3 is 12.0 Å². The molecule has 20 heavy (non-hydrogen) atoms. The Morgan fingerprint density at radius 3 is 2.65 bits per heavy atom. The summed E-state index contributed by atoms with van der Waals surface area (Å²) >= 11 is 3.15. The van der Waals surface area contributed by atoms with Gasteiger partial charge in [-0.05, 0) is 40.9 Å². The molecule has 0 saturated heterocycles. The average molecular weight is 347 g/mol. The van der Waals surface area contributed by atoms with E-state index >= 15 is 0 Å². The highest BCUT2D eigenvalue weighted by Crippen LogP contribution is 2.24. The van der Waals surface area contributed by atoms with E-state index in [4.69, 9.17) is 5.11 Å². The molecule has 0 radical (unpaired) electrons. The molecule has 0 atom stereocenters. The standard InChI is InChI=1S/C13H16BrFN2O3/c14-9-5-4-6-10(15)12(9)17-13(20)16-8-3-1-2-7-11(18)19/h4-6H,1-3,7-8H2,(H,18,19)(H2,16,17,20). The van der Waals surface area contributed by atoms with Crippen molar-refractivity contribution in [2.45, 2.75) is 25.7 Å². The normalized spacial score (nSPS) is 10.1. The maximum absolute atomic E-state index is 13.4. The van der Waals surface area contributed by atoms with Gasteiger partial charge in [0, 0.05) is 17.4 Å². The molecule has 0 unspecified atom stereocenters. The number of carboxylic acid groups (broad SMARTS) is 1. The quantitative estimate of drug-likeness (QED) is 0.662. The highest BCUT2D eigenvalue weighted by molar-refractivity contribution is 9.10. The predicted molar refractivity (Wildman–Crippen MR) is 77.2 cm³/mol. The molecule has 0 aromatic heterocycles. The lowest BCUT2D eigenvalue weighted by Gasteiger charge is -2.09. The van der Waals surface area contributed by atoms with Crippen LogP contribution in [0.4, 0.5) is 14.9 Å². The molecule has 0 aliphatic carbocycles. The molecule has 2 amide bonds. The monoisotopic (exact) mass is 346 g/mol. The van der Waals surface area contributed by atoms with Crippen molar-refractivity contribution in [2.75, 3.05) is 11.9 Å². The minimum atomic E-state index is -0.819. The van der Waals surface area contributed by atoms with E-state index in [-0.39, 0.29) is 12.1 Å². The van der Waals surface area contributed by atoms with Crippen molar-refractivity contribution >= 4 is 33.6 Å². The minimum Gasteiger partial charge on any atom is -0.481 e. The lowest BCUT2D eigenvalue weighted by atomic mass is 10.2. The van der Waals surface area contributed by atoms with Crippen LogP contribution in [0.15, 0.2) is 22.7 Å². The highest BCUT2D eigenvalue weighted by atomic mass is 79.9. The largest absolute Gasteiger partial charge is 0.481 e. The van der Waals surface area contributed by atoms with E-state index in [0.29, 0.717) is 23.9 Å². The van der Waals surface area contributed by atoms with E-state index in [1.54, 1.807) is 6.07 Å². The summed E-state index contributed by atoms with van der Waals surface area (Å²) in [5, 5.41) is 13.5. The summed E-state index contributed by atoms with van der Waals surface area (Å²) in [4.78, 5) is 21.8. The van der Waals surface area contributed by atoms with Gasteiger partial charge < -0.3 is 15.7 Å². The first kappa shape index (κ1) is 16.4. The fourth-order valence-electron chi connectivity index (χ4n) is 1.55. The van der Waals surface area contributed by atoms with Gasteiger partial charge in [-0.15, -0.1) is 0 Å². The molecule has 5 nitrogen and oxygen atoms in total. The first-order valence-corrected chi connectivity index (χ1v) is 7.00. The van der Waals surface area contributed by atoms with Crippen molar-refractivity contribution in [3.8, 4) is 0 Å². The molecule has 0 heterocycles. The van der Waals surface area contributed by atoms with Crippen LogP contribution < -0.4 is 10.6 Å². The van der Waals surface area contributed by atoms with Gasteiger partial charge in [0.15, 0.2) is 0 Å². The minimum absolute atomic E-state index is 0.0934. The molecule has 0 spiro atoms. The van der Waals surface area contributed by atoms with Gasteiger partial charge in [0.1, 0.15) is 5.82 Å². The molecule has 1 aromatic carbocycles. The Morgan fingerprint density at radius 1 is 1.25 bits per heavy atom. The SMILES string of the molecule is O=C(O)CCCCCNC(=O)Nc1c(F)cccc1Br. The molecular weight excluding hydrogens is 331 g/mol. The number of carbonyl (C=O) groups is 2.